The summed E-state index contributed by atoms with van der Waals surface area (Å²) >= 11 is 5.96. The van der Waals surface area contributed by atoms with Crippen molar-refractivity contribution in [1.82, 2.24) is 19.9 Å². The third-order valence-corrected chi connectivity index (χ3v) is 3.99. The summed E-state index contributed by atoms with van der Waals surface area (Å²) in [5.74, 6) is 0.405. The van der Waals surface area contributed by atoms with Gasteiger partial charge in [-0.2, -0.15) is 4.98 Å². The minimum absolute atomic E-state index is 0.121. The molecule has 0 unspecified atom stereocenters. The Morgan fingerprint density at radius 1 is 1.42 bits per heavy atom. The summed E-state index contributed by atoms with van der Waals surface area (Å²) in [6.45, 7) is 2.34. The summed E-state index contributed by atoms with van der Waals surface area (Å²) in [7, 11) is 1.53. The molecule has 0 aromatic carbocycles. The summed E-state index contributed by atoms with van der Waals surface area (Å²) in [6, 6.07) is 1.52. The molecular formula is C14H15ClN6O3. The number of carboxylic acid groups (broad SMARTS) is 1. The number of aromatic nitrogens is 3. The van der Waals surface area contributed by atoms with Gasteiger partial charge in [0.2, 0.25) is 11.9 Å². The van der Waals surface area contributed by atoms with Crippen molar-refractivity contribution in [1.29, 1.82) is 0 Å². The van der Waals surface area contributed by atoms with Gasteiger partial charge in [-0.15, -0.1) is 0 Å². The molecule has 2 N–H and O–H groups in total. The van der Waals surface area contributed by atoms with Crippen molar-refractivity contribution >= 4 is 46.4 Å². The largest absolute Gasteiger partial charge is 0.465 e. The van der Waals surface area contributed by atoms with Gasteiger partial charge in [-0.25, -0.2) is 14.8 Å². The second-order valence-electron chi connectivity index (χ2n) is 5.53. The first-order valence-electron chi connectivity index (χ1n) is 7.16. The van der Waals surface area contributed by atoms with E-state index in [2.05, 4.69) is 20.3 Å². The molecule has 1 saturated heterocycles. The average Bonchev–Trinajstić information content (AvgIpc) is 2.44. The molecule has 1 aliphatic heterocycles. The summed E-state index contributed by atoms with van der Waals surface area (Å²) in [5, 5.41) is 12.0. The van der Waals surface area contributed by atoms with E-state index in [0.29, 0.717) is 35.0 Å². The smallest absolute Gasteiger partial charge is 0.407 e. The fourth-order valence-electron chi connectivity index (χ4n) is 2.44. The van der Waals surface area contributed by atoms with Crippen LogP contribution in [0.4, 0.5) is 16.6 Å². The van der Waals surface area contributed by atoms with Crippen LogP contribution in [0.2, 0.25) is 5.02 Å². The van der Waals surface area contributed by atoms with E-state index in [0.717, 1.165) is 0 Å². The Labute approximate surface area is 142 Å². The average molecular weight is 351 g/mol. The topological polar surface area (TPSA) is 112 Å². The highest BCUT2D eigenvalue weighted by molar-refractivity contribution is 6.31. The zero-order valence-electron chi connectivity index (χ0n) is 13.0. The number of carbonyl (C=O) groups excluding carboxylic acids is 1. The number of nitrogens with zero attached hydrogens (tertiary/aromatic N) is 5. The molecule has 1 aliphatic rings. The molecule has 2 amide bonds. The van der Waals surface area contributed by atoms with Crippen molar-refractivity contribution in [3.05, 3.63) is 17.3 Å². The van der Waals surface area contributed by atoms with Crippen molar-refractivity contribution < 1.29 is 14.7 Å². The van der Waals surface area contributed by atoms with Crippen LogP contribution in [0.5, 0.6) is 0 Å². The van der Waals surface area contributed by atoms with E-state index >= 15 is 0 Å². The minimum Gasteiger partial charge on any atom is -0.465 e. The first-order chi connectivity index (χ1) is 11.3. The van der Waals surface area contributed by atoms with Crippen molar-refractivity contribution in [2.45, 2.75) is 13.0 Å². The van der Waals surface area contributed by atoms with Gasteiger partial charge in [0.25, 0.3) is 0 Å². The van der Waals surface area contributed by atoms with Crippen LogP contribution in [0.3, 0.4) is 0 Å². The molecule has 1 fully saturated rings. The molecule has 10 heteroatoms. The molecule has 24 heavy (non-hydrogen) atoms. The highest BCUT2D eigenvalue weighted by atomic mass is 35.5. The lowest BCUT2D eigenvalue weighted by Crippen LogP contribution is -2.60. The normalized spacial score (nSPS) is 14.4. The number of nitrogens with one attached hydrogen (secondary N) is 1. The molecule has 2 aromatic rings. The Morgan fingerprint density at radius 2 is 2.12 bits per heavy atom. The van der Waals surface area contributed by atoms with E-state index in [1.54, 1.807) is 6.07 Å². The lowest BCUT2D eigenvalue weighted by molar-refractivity contribution is -0.114. The molecule has 0 atom stereocenters. The molecule has 3 rings (SSSR count). The number of halogens is 1. The van der Waals surface area contributed by atoms with Crippen LogP contribution in [0.25, 0.3) is 11.0 Å². The maximum absolute atomic E-state index is 11.3. The second-order valence-corrected chi connectivity index (χ2v) is 5.96. The first-order valence-corrected chi connectivity index (χ1v) is 7.54. The molecule has 9 nitrogen and oxygen atoms in total. The molecule has 0 spiro atoms. The van der Waals surface area contributed by atoms with Gasteiger partial charge in [0.1, 0.15) is 5.52 Å². The van der Waals surface area contributed by atoms with E-state index in [1.165, 1.54) is 25.1 Å². The van der Waals surface area contributed by atoms with Crippen LogP contribution in [-0.4, -0.2) is 63.1 Å². The van der Waals surface area contributed by atoms with Gasteiger partial charge in [-0.3, -0.25) is 10.1 Å². The quantitative estimate of drug-likeness (QED) is 0.861. The van der Waals surface area contributed by atoms with E-state index in [-0.39, 0.29) is 17.9 Å². The van der Waals surface area contributed by atoms with E-state index < -0.39 is 6.09 Å². The first kappa shape index (κ1) is 16.2. The van der Waals surface area contributed by atoms with Gasteiger partial charge < -0.3 is 14.9 Å². The number of carbonyl (C=O) groups is 2. The number of pyridine rings is 1. The standard InChI is InChI=1S/C14H15ClN6O3/c1-7(22)17-13-18-10-3-8(15)4-16-11(10)12(19-13)21-5-9(6-21)20(2)14(23)24/h3-4,9H,5-6H2,1-2H3,(H,23,24)(H,17,18,19,22). The second kappa shape index (κ2) is 6.08. The molecule has 126 valence electrons. The predicted molar refractivity (Wildman–Crippen MR) is 88.4 cm³/mol. The summed E-state index contributed by atoms with van der Waals surface area (Å²) in [4.78, 5) is 38.3. The number of likely N-dealkylation sites (N-methyl/N-ethyl adjacent to an activating group) is 1. The van der Waals surface area contributed by atoms with Crippen LogP contribution < -0.4 is 10.2 Å². The van der Waals surface area contributed by atoms with Gasteiger partial charge in [0, 0.05) is 33.3 Å². The van der Waals surface area contributed by atoms with Gasteiger partial charge >= 0.3 is 6.09 Å². The van der Waals surface area contributed by atoms with Crippen molar-refractivity contribution in [3.8, 4) is 0 Å². The molecule has 0 saturated carbocycles. The number of hydrogen-bond acceptors (Lipinski definition) is 6. The number of hydrogen-bond donors (Lipinski definition) is 2. The maximum atomic E-state index is 11.3. The Kier molecular flexibility index (Phi) is 4.10. The highest BCUT2D eigenvalue weighted by Gasteiger charge is 2.34. The van der Waals surface area contributed by atoms with Crippen LogP contribution in [-0.2, 0) is 4.79 Å². The fraction of sp³-hybridized carbons (Fsp3) is 0.357. The van der Waals surface area contributed by atoms with Crippen LogP contribution >= 0.6 is 11.6 Å². The van der Waals surface area contributed by atoms with Crippen LogP contribution in [0.15, 0.2) is 12.3 Å². The summed E-state index contributed by atoms with van der Waals surface area (Å²) < 4.78 is 0. The number of fused-ring (bicyclic) bond motifs is 1. The highest BCUT2D eigenvalue weighted by Crippen LogP contribution is 2.29. The van der Waals surface area contributed by atoms with Crippen molar-refractivity contribution in [2.24, 2.45) is 0 Å². The lowest BCUT2D eigenvalue weighted by atomic mass is 10.1. The lowest BCUT2D eigenvalue weighted by Gasteiger charge is -2.43. The fourth-order valence-corrected chi connectivity index (χ4v) is 2.59. The van der Waals surface area contributed by atoms with Gasteiger partial charge in [0.15, 0.2) is 5.82 Å². The Balaban J connectivity index is 1.95. The van der Waals surface area contributed by atoms with Crippen LogP contribution in [0, 0.1) is 0 Å². The number of rotatable bonds is 3. The number of amides is 2. The molecular weight excluding hydrogens is 336 g/mol. The monoisotopic (exact) mass is 350 g/mol. The van der Waals surface area contributed by atoms with E-state index in [4.69, 9.17) is 16.7 Å². The van der Waals surface area contributed by atoms with Crippen molar-refractivity contribution in [3.63, 3.8) is 0 Å². The third kappa shape index (κ3) is 3.02. The Hall–Kier alpha value is -2.68. The molecule has 2 aromatic heterocycles. The van der Waals surface area contributed by atoms with Crippen LogP contribution in [0.1, 0.15) is 6.92 Å². The maximum Gasteiger partial charge on any atom is 0.407 e. The van der Waals surface area contributed by atoms with E-state index in [9.17, 15) is 9.59 Å². The molecule has 0 aliphatic carbocycles. The van der Waals surface area contributed by atoms with Gasteiger partial charge in [-0.05, 0) is 6.07 Å². The van der Waals surface area contributed by atoms with E-state index in [1.807, 2.05) is 4.90 Å². The third-order valence-electron chi connectivity index (χ3n) is 3.78. The summed E-state index contributed by atoms with van der Waals surface area (Å²) in [5.41, 5.74) is 1.05. The molecule has 0 bridgehead atoms. The predicted octanol–water partition coefficient (Wildman–Crippen LogP) is 1.43. The zero-order chi connectivity index (χ0) is 17.4. The SMILES string of the molecule is CC(=O)Nc1nc(N2CC(N(C)C(=O)O)C2)c2ncc(Cl)cc2n1. The zero-order valence-corrected chi connectivity index (χ0v) is 13.8. The summed E-state index contributed by atoms with van der Waals surface area (Å²) in [6.07, 6.45) is 0.520. The number of anilines is 2. The van der Waals surface area contributed by atoms with Crippen molar-refractivity contribution in [2.75, 3.05) is 30.4 Å². The van der Waals surface area contributed by atoms with Gasteiger partial charge in [0.05, 0.1) is 16.6 Å². The van der Waals surface area contributed by atoms with Gasteiger partial charge in [-0.1, -0.05) is 11.6 Å². The molecule has 0 radical (unpaired) electrons. The molecule has 3 heterocycles. The Bertz CT molecular complexity index is 824. The minimum atomic E-state index is -0.976. The Morgan fingerprint density at radius 3 is 2.75 bits per heavy atom.